The molecule has 2 aromatic rings. The number of nitrogens with one attached hydrogen (secondary N) is 1. The van der Waals surface area contributed by atoms with E-state index in [1.807, 2.05) is 56.7 Å². The van der Waals surface area contributed by atoms with Crippen LogP contribution in [0.2, 0.25) is 0 Å². The molecule has 1 aromatic heterocycles. The van der Waals surface area contributed by atoms with Gasteiger partial charge in [-0.15, -0.1) is 0 Å². The lowest BCUT2D eigenvalue weighted by Crippen LogP contribution is -2.31. The zero-order valence-electron chi connectivity index (χ0n) is 12.5. The lowest BCUT2D eigenvalue weighted by atomic mass is 10.1. The maximum Gasteiger partial charge on any atom is 0.327 e. The summed E-state index contributed by atoms with van der Waals surface area (Å²) >= 11 is 0. The molecule has 112 valence electrons. The first-order valence-corrected chi connectivity index (χ1v) is 7.13. The molecule has 1 atom stereocenters. The van der Waals surface area contributed by atoms with Gasteiger partial charge in [0.25, 0.3) is 0 Å². The molecule has 0 amide bonds. The fraction of sp³-hybridized carbons (Fsp3) is 0.375. The molecule has 0 bridgehead atoms. The van der Waals surface area contributed by atoms with E-state index in [9.17, 15) is 4.79 Å². The fourth-order valence-corrected chi connectivity index (χ4v) is 2.17. The van der Waals surface area contributed by atoms with Gasteiger partial charge in [-0.3, -0.25) is 4.68 Å². The molecule has 1 N–H and O–H groups in total. The van der Waals surface area contributed by atoms with Crippen LogP contribution in [0.1, 0.15) is 24.1 Å². The van der Waals surface area contributed by atoms with Crippen LogP contribution in [-0.4, -0.2) is 28.9 Å². The molecule has 0 aliphatic carbocycles. The van der Waals surface area contributed by atoms with Gasteiger partial charge in [-0.05, 0) is 24.5 Å². The highest BCUT2D eigenvalue weighted by atomic mass is 16.5. The Hall–Kier alpha value is -2.14. The van der Waals surface area contributed by atoms with Gasteiger partial charge in [-0.1, -0.05) is 30.3 Å². The molecule has 0 aliphatic heterocycles. The highest BCUT2D eigenvalue weighted by Gasteiger charge is 2.20. The van der Waals surface area contributed by atoms with Crippen LogP contribution in [0, 0.1) is 0 Å². The SMILES string of the molecule is CCOC(=O)C(NCCc1cnn(C)c1)c1ccccc1. The number of aryl methyl sites for hydroxylation is 1. The number of nitrogens with zero attached hydrogens (tertiary/aromatic N) is 2. The first-order valence-electron chi connectivity index (χ1n) is 7.13. The van der Waals surface area contributed by atoms with Crippen LogP contribution >= 0.6 is 0 Å². The Labute approximate surface area is 124 Å². The minimum atomic E-state index is -0.428. The molecule has 21 heavy (non-hydrogen) atoms. The number of hydrogen-bond donors (Lipinski definition) is 1. The summed E-state index contributed by atoms with van der Waals surface area (Å²) in [6.45, 7) is 2.88. The molecule has 2 rings (SSSR count). The maximum absolute atomic E-state index is 12.1. The second-order valence-electron chi connectivity index (χ2n) is 4.82. The largest absolute Gasteiger partial charge is 0.465 e. The molecular formula is C16H21N3O2. The van der Waals surface area contributed by atoms with Crippen LogP contribution in [0.25, 0.3) is 0 Å². The fourth-order valence-electron chi connectivity index (χ4n) is 2.17. The van der Waals surface area contributed by atoms with Crippen molar-refractivity contribution in [2.24, 2.45) is 7.05 Å². The Morgan fingerprint density at radius 1 is 1.38 bits per heavy atom. The Morgan fingerprint density at radius 2 is 2.14 bits per heavy atom. The molecule has 0 fully saturated rings. The second-order valence-corrected chi connectivity index (χ2v) is 4.82. The summed E-state index contributed by atoms with van der Waals surface area (Å²) in [4.78, 5) is 12.1. The Bertz CT molecular complexity index is 566. The van der Waals surface area contributed by atoms with Gasteiger partial charge in [0, 0.05) is 19.8 Å². The van der Waals surface area contributed by atoms with Crippen molar-refractivity contribution in [2.75, 3.05) is 13.2 Å². The second kappa shape index (κ2) is 7.59. The molecule has 0 radical (unpaired) electrons. The zero-order chi connectivity index (χ0) is 15.1. The van der Waals surface area contributed by atoms with Gasteiger partial charge >= 0.3 is 5.97 Å². The van der Waals surface area contributed by atoms with Crippen molar-refractivity contribution in [3.63, 3.8) is 0 Å². The molecule has 1 heterocycles. The van der Waals surface area contributed by atoms with E-state index in [-0.39, 0.29) is 5.97 Å². The van der Waals surface area contributed by atoms with Crippen molar-refractivity contribution in [1.82, 2.24) is 15.1 Å². The van der Waals surface area contributed by atoms with E-state index in [0.717, 1.165) is 17.5 Å². The van der Waals surface area contributed by atoms with Crippen molar-refractivity contribution in [3.05, 3.63) is 53.9 Å². The number of ether oxygens (including phenoxy) is 1. The average molecular weight is 287 g/mol. The lowest BCUT2D eigenvalue weighted by Gasteiger charge is -2.17. The van der Waals surface area contributed by atoms with Crippen molar-refractivity contribution >= 4 is 5.97 Å². The summed E-state index contributed by atoms with van der Waals surface area (Å²) in [7, 11) is 1.89. The third-order valence-electron chi connectivity index (χ3n) is 3.18. The number of hydrogen-bond acceptors (Lipinski definition) is 4. The monoisotopic (exact) mass is 287 g/mol. The van der Waals surface area contributed by atoms with Crippen LogP contribution in [0.15, 0.2) is 42.7 Å². The van der Waals surface area contributed by atoms with E-state index in [1.54, 1.807) is 4.68 Å². The molecule has 5 nitrogen and oxygen atoms in total. The predicted molar refractivity (Wildman–Crippen MR) is 80.7 cm³/mol. The smallest absolute Gasteiger partial charge is 0.327 e. The van der Waals surface area contributed by atoms with Crippen molar-refractivity contribution in [2.45, 2.75) is 19.4 Å². The highest BCUT2D eigenvalue weighted by Crippen LogP contribution is 2.14. The van der Waals surface area contributed by atoms with Crippen LogP contribution in [-0.2, 0) is 23.0 Å². The van der Waals surface area contributed by atoms with Crippen LogP contribution < -0.4 is 5.32 Å². The molecule has 1 unspecified atom stereocenters. The van der Waals surface area contributed by atoms with Gasteiger partial charge in [-0.2, -0.15) is 5.10 Å². The third kappa shape index (κ3) is 4.43. The van der Waals surface area contributed by atoms with Crippen LogP contribution in [0.3, 0.4) is 0 Å². The maximum atomic E-state index is 12.1. The van der Waals surface area contributed by atoms with E-state index in [2.05, 4.69) is 10.4 Å². The first-order chi connectivity index (χ1) is 10.2. The number of carbonyl (C=O) groups excluding carboxylic acids is 1. The lowest BCUT2D eigenvalue weighted by molar-refractivity contribution is -0.145. The minimum Gasteiger partial charge on any atom is -0.465 e. The number of rotatable bonds is 7. The molecule has 0 aliphatic rings. The number of carbonyl (C=O) groups is 1. The van der Waals surface area contributed by atoms with Crippen molar-refractivity contribution < 1.29 is 9.53 Å². The predicted octanol–water partition coefficient (Wildman–Crippen LogP) is 1.86. The molecule has 5 heteroatoms. The number of benzene rings is 1. The zero-order valence-corrected chi connectivity index (χ0v) is 12.5. The molecule has 1 aromatic carbocycles. The number of esters is 1. The van der Waals surface area contributed by atoms with Gasteiger partial charge < -0.3 is 10.1 Å². The van der Waals surface area contributed by atoms with Gasteiger partial charge in [0.1, 0.15) is 6.04 Å². The van der Waals surface area contributed by atoms with E-state index < -0.39 is 6.04 Å². The topological polar surface area (TPSA) is 56.1 Å². The summed E-state index contributed by atoms with van der Waals surface area (Å²) < 4.78 is 6.92. The summed E-state index contributed by atoms with van der Waals surface area (Å²) in [6.07, 6.45) is 4.63. The van der Waals surface area contributed by atoms with E-state index in [4.69, 9.17) is 4.74 Å². The normalized spacial score (nSPS) is 12.1. The van der Waals surface area contributed by atoms with Crippen LogP contribution in [0.4, 0.5) is 0 Å². The minimum absolute atomic E-state index is 0.241. The summed E-state index contributed by atoms with van der Waals surface area (Å²) in [5.74, 6) is -0.241. The first kappa shape index (κ1) is 15.3. The quantitative estimate of drug-likeness (QED) is 0.790. The highest BCUT2D eigenvalue weighted by molar-refractivity contribution is 5.77. The van der Waals surface area contributed by atoms with Gasteiger partial charge in [-0.25, -0.2) is 4.79 Å². The summed E-state index contributed by atoms with van der Waals surface area (Å²) in [6, 6.07) is 9.20. The molecule has 0 spiro atoms. The van der Waals surface area contributed by atoms with E-state index in [1.165, 1.54) is 0 Å². The summed E-state index contributed by atoms with van der Waals surface area (Å²) in [5, 5.41) is 7.40. The Kier molecular flexibility index (Phi) is 5.51. The third-order valence-corrected chi connectivity index (χ3v) is 3.18. The average Bonchev–Trinajstić information content (AvgIpc) is 2.90. The van der Waals surface area contributed by atoms with Gasteiger partial charge in [0.15, 0.2) is 0 Å². The Balaban J connectivity index is 1.97. The van der Waals surface area contributed by atoms with Gasteiger partial charge in [0.2, 0.25) is 0 Å². The Morgan fingerprint density at radius 3 is 2.76 bits per heavy atom. The van der Waals surface area contributed by atoms with E-state index in [0.29, 0.717) is 13.2 Å². The van der Waals surface area contributed by atoms with Crippen LogP contribution in [0.5, 0.6) is 0 Å². The van der Waals surface area contributed by atoms with Crippen molar-refractivity contribution in [3.8, 4) is 0 Å². The molecule has 0 saturated heterocycles. The van der Waals surface area contributed by atoms with E-state index >= 15 is 0 Å². The summed E-state index contributed by atoms with van der Waals surface area (Å²) in [5.41, 5.74) is 2.06. The standard InChI is InChI=1S/C16H21N3O2/c1-3-21-16(20)15(14-7-5-4-6-8-14)17-10-9-13-11-18-19(2)12-13/h4-8,11-12,15,17H,3,9-10H2,1-2H3. The number of aromatic nitrogens is 2. The van der Waals surface area contributed by atoms with Gasteiger partial charge in [0.05, 0.1) is 12.8 Å². The molecular weight excluding hydrogens is 266 g/mol. The molecule has 0 saturated carbocycles. The van der Waals surface area contributed by atoms with Crippen molar-refractivity contribution in [1.29, 1.82) is 0 Å².